The Labute approximate surface area is 151 Å². The molecule has 0 saturated heterocycles. The Morgan fingerprint density at radius 1 is 1.08 bits per heavy atom. The van der Waals surface area contributed by atoms with Gasteiger partial charge in [-0.3, -0.25) is 0 Å². The molecule has 26 heavy (non-hydrogen) atoms. The summed E-state index contributed by atoms with van der Waals surface area (Å²) in [5, 5.41) is 4.16. The lowest BCUT2D eigenvalue weighted by Crippen LogP contribution is -1.98. The maximum absolute atomic E-state index is 5.46. The minimum absolute atomic E-state index is 0.520. The van der Waals surface area contributed by atoms with Crippen molar-refractivity contribution in [1.29, 1.82) is 0 Å². The van der Waals surface area contributed by atoms with Crippen molar-refractivity contribution in [2.75, 3.05) is 12.4 Å². The van der Waals surface area contributed by atoms with E-state index in [1.807, 2.05) is 41.1 Å². The molecular formula is C20H19N5O. The van der Waals surface area contributed by atoms with E-state index in [1.54, 1.807) is 19.6 Å². The number of nitrogens with zero attached hydrogens (tertiary/aromatic N) is 4. The molecule has 4 aromatic rings. The van der Waals surface area contributed by atoms with Crippen molar-refractivity contribution < 1.29 is 4.74 Å². The second kappa shape index (κ2) is 6.48. The minimum atomic E-state index is 0.520. The second-order valence-electron chi connectivity index (χ2n) is 6.13. The summed E-state index contributed by atoms with van der Waals surface area (Å²) >= 11 is 0. The summed E-state index contributed by atoms with van der Waals surface area (Å²) in [6.07, 6.45) is 5.46. The molecule has 6 nitrogen and oxygen atoms in total. The molecule has 0 radical (unpaired) electrons. The van der Waals surface area contributed by atoms with Crippen LogP contribution in [0.25, 0.3) is 16.6 Å². The van der Waals surface area contributed by atoms with Crippen LogP contribution in [0.3, 0.4) is 0 Å². The van der Waals surface area contributed by atoms with Gasteiger partial charge in [0.05, 0.1) is 24.5 Å². The summed E-state index contributed by atoms with van der Waals surface area (Å²) in [5.74, 6) is 2.06. The molecule has 0 aliphatic heterocycles. The summed E-state index contributed by atoms with van der Waals surface area (Å²) in [6, 6.07) is 12.0. The van der Waals surface area contributed by atoms with E-state index >= 15 is 0 Å². The molecule has 4 rings (SSSR count). The van der Waals surface area contributed by atoms with Crippen LogP contribution in [0.2, 0.25) is 0 Å². The van der Waals surface area contributed by atoms with Crippen molar-refractivity contribution in [3.05, 3.63) is 66.2 Å². The molecule has 1 N–H and O–H groups in total. The van der Waals surface area contributed by atoms with Gasteiger partial charge >= 0.3 is 0 Å². The Hall–Kier alpha value is -3.41. The quantitative estimate of drug-likeness (QED) is 0.601. The van der Waals surface area contributed by atoms with E-state index in [2.05, 4.69) is 40.2 Å². The van der Waals surface area contributed by atoms with E-state index < -0.39 is 0 Å². The standard InChI is InChI=1S/C20H19N5O/c1-13-8-16(9-18(26-3)14(13)2)25-11-19(22-12-25)24-20-21-10-15-6-4-5-7-17(15)23-20/h4-12H,1-3H3,(H,21,23,24). The molecule has 2 heterocycles. The number of rotatable bonds is 4. The van der Waals surface area contributed by atoms with Gasteiger partial charge in [-0.2, -0.15) is 0 Å². The van der Waals surface area contributed by atoms with Gasteiger partial charge in [-0.15, -0.1) is 0 Å². The van der Waals surface area contributed by atoms with Gasteiger partial charge in [0.1, 0.15) is 12.1 Å². The lowest BCUT2D eigenvalue weighted by atomic mass is 10.1. The summed E-state index contributed by atoms with van der Waals surface area (Å²) in [7, 11) is 1.68. The number of imidazole rings is 1. The summed E-state index contributed by atoms with van der Waals surface area (Å²) in [4.78, 5) is 13.3. The van der Waals surface area contributed by atoms with Crippen LogP contribution >= 0.6 is 0 Å². The number of ether oxygens (including phenoxy) is 1. The van der Waals surface area contributed by atoms with Gasteiger partial charge in [0.2, 0.25) is 5.95 Å². The first-order valence-corrected chi connectivity index (χ1v) is 8.32. The number of benzene rings is 2. The van der Waals surface area contributed by atoms with Crippen molar-refractivity contribution >= 4 is 22.7 Å². The maximum Gasteiger partial charge on any atom is 0.228 e. The number of aromatic nitrogens is 4. The van der Waals surface area contributed by atoms with Crippen molar-refractivity contribution in [3.63, 3.8) is 0 Å². The third-order valence-electron chi connectivity index (χ3n) is 4.43. The minimum Gasteiger partial charge on any atom is -0.496 e. The third kappa shape index (κ3) is 2.97. The zero-order valence-corrected chi connectivity index (χ0v) is 14.9. The normalized spacial score (nSPS) is 10.9. The molecule has 0 bridgehead atoms. The Morgan fingerprint density at radius 2 is 1.92 bits per heavy atom. The van der Waals surface area contributed by atoms with Crippen LogP contribution in [0.15, 0.2) is 55.1 Å². The zero-order chi connectivity index (χ0) is 18.1. The summed E-state index contributed by atoms with van der Waals surface area (Å²) in [6.45, 7) is 4.12. The lowest BCUT2D eigenvalue weighted by molar-refractivity contribution is 0.411. The highest BCUT2D eigenvalue weighted by molar-refractivity contribution is 5.78. The number of para-hydroxylation sites is 1. The van der Waals surface area contributed by atoms with E-state index in [0.717, 1.165) is 27.9 Å². The van der Waals surface area contributed by atoms with E-state index in [-0.39, 0.29) is 0 Å². The molecule has 2 aromatic heterocycles. The van der Waals surface area contributed by atoms with E-state index in [4.69, 9.17) is 4.74 Å². The first-order chi connectivity index (χ1) is 12.6. The largest absolute Gasteiger partial charge is 0.496 e. The highest BCUT2D eigenvalue weighted by Gasteiger charge is 2.08. The molecule has 0 aliphatic rings. The molecule has 0 spiro atoms. The predicted molar refractivity (Wildman–Crippen MR) is 102 cm³/mol. The number of aryl methyl sites for hydroxylation is 1. The second-order valence-corrected chi connectivity index (χ2v) is 6.13. The van der Waals surface area contributed by atoms with E-state index in [0.29, 0.717) is 11.8 Å². The van der Waals surface area contributed by atoms with Crippen molar-refractivity contribution in [2.45, 2.75) is 13.8 Å². The van der Waals surface area contributed by atoms with Crippen LogP contribution in [0.5, 0.6) is 5.75 Å². The molecule has 2 aromatic carbocycles. The summed E-state index contributed by atoms with van der Waals surface area (Å²) in [5.41, 5.74) is 4.19. The highest BCUT2D eigenvalue weighted by Crippen LogP contribution is 2.26. The smallest absolute Gasteiger partial charge is 0.228 e. The molecular weight excluding hydrogens is 326 g/mol. The van der Waals surface area contributed by atoms with Crippen LogP contribution in [-0.2, 0) is 0 Å². The fourth-order valence-corrected chi connectivity index (χ4v) is 2.85. The molecule has 0 amide bonds. The molecule has 6 heteroatoms. The van der Waals surface area contributed by atoms with Gasteiger partial charge in [0.25, 0.3) is 0 Å². The fourth-order valence-electron chi connectivity index (χ4n) is 2.85. The van der Waals surface area contributed by atoms with Crippen LogP contribution in [-0.4, -0.2) is 26.6 Å². The van der Waals surface area contributed by atoms with E-state index in [1.165, 1.54) is 5.56 Å². The van der Waals surface area contributed by atoms with E-state index in [9.17, 15) is 0 Å². The van der Waals surface area contributed by atoms with Crippen LogP contribution in [0.1, 0.15) is 11.1 Å². The summed E-state index contributed by atoms with van der Waals surface area (Å²) < 4.78 is 7.40. The first kappa shape index (κ1) is 16.1. The number of hydrogen-bond donors (Lipinski definition) is 1. The maximum atomic E-state index is 5.46. The predicted octanol–water partition coefficient (Wildman–Crippen LogP) is 4.18. The van der Waals surface area contributed by atoms with Crippen LogP contribution < -0.4 is 10.1 Å². The Bertz CT molecular complexity index is 1090. The van der Waals surface area contributed by atoms with Crippen molar-refractivity contribution in [3.8, 4) is 11.4 Å². The number of methoxy groups -OCH3 is 1. The Morgan fingerprint density at radius 3 is 2.77 bits per heavy atom. The van der Waals surface area contributed by atoms with Gasteiger partial charge in [0.15, 0.2) is 5.82 Å². The average molecular weight is 345 g/mol. The SMILES string of the molecule is COc1cc(-n2cnc(Nc3ncc4ccccc4n3)c2)cc(C)c1C. The zero-order valence-electron chi connectivity index (χ0n) is 14.9. The number of nitrogens with one attached hydrogen (secondary N) is 1. The number of hydrogen-bond acceptors (Lipinski definition) is 5. The van der Waals surface area contributed by atoms with Gasteiger partial charge < -0.3 is 14.6 Å². The Balaban J connectivity index is 1.62. The van der Waals surface area contributed by atoms with Crippen LogP contribution in [0.4, 0.5) is 11.8 Å². The van der Waals surface area contributed by atoms with Crippen molar-refractivity contribution in [2.24, 2.45) is 0 Å². The highest BCUT2D eigenvalue weighted by atomic mass is 16.5. The Kier molecular flexibility index (Phi) is 4.01. The van der Waals surface area contributed by atoms with Crippen LogP contribution in [0, 0.1) is 13.8 Å². The van der Waals surface area contributed by atoms with Gasteiger partial charge in [0, 0.05) is 17.6 Å². The molecule has 0 fully saturated rings. The number of anilines is 2. The fraction of sp³-hybridized carbons (Fsp3) is 0.150. The molecule has 0 saturated carbocycles. The topological polar surface area (TPSA) is 64.9 Å². The third-order valence-corrected chi connectivity index (χ3v) is 4.43. The number of fused-ring (bicyclic) bond motifs is 1. The molecule has 0 aliphatic carbocycles. The molecule has 0 atom stereocenters. The average Bonchev–Trinajstić information content (AvgIpc) is 3.12. The molecule has 0 unspecified atom stereocenters. The van der Waals surface area contributed by atoms with Gasteiger partial charge in [-0.25, -0.2) is 15.0 Å². The first-order valence-electron chi connectivity index (χ1n) is 8.32. The monoisotopic (exact) mass is 345 g/mol. The van der Waals surface area contributed by atoms with Gasteiger partial charge in [-0.1, -0.05) is 18.2 Å². The van der Waals surface area contributed by atoms with Gasteiger partial charge in [-0.05, 0) is 37.1 Å². The lowest BCUT2D eigenvalue weighted by Gasteiger charge is -2.11. The molecule has 130 valence electrons. The van der Waals surface area contributed by atoms with Crippen molar-refractivity contribution in [1.82, 2.24) is 19.5 Å².